The highest BCUT2D eigenvalue weighted by Gasteiger charge is 2.29. The molecule has 2 aromatic heterocycles. The lowest BCUT2D eigenvalue weighted by Gasteiger charge is -2.07. The van der Waals surface area contributed by atoms with E-state index in [1.807, 2.05) is 35.7 Å². The number of ether oxygens (including phenoxy) is 1. The van der Waals surface area contributed by atoms with E-state index in [0.717, 1.165) is 24.0 Å². The van der Waals surface area contributed by atoms with Crippen molar-refractivity contribution in [3.8, 4) is 11.1 Å². The smallest absolute Gasteiger partial charge is 0.338 e. The van der Waals surface area contributed by atoms with Crippen molar-refractivity contribution in [3.05, 3.63) is 81.7 Å². The highest BCUT2D eigenvalue weighted by Crippen LogP contribution is 2.31. The maximum atomic E-state index is 12.7. The number of benzene rings is 2. The number of thiophene rings is 1. The number of fused-ring (bicyclic) bond motifs is 1. The molecule has 0 saturated heterocycles. The van der Waals surface area contributed by atoms with Crippen LogP contribution in [-0.2, 0) is 16.1 Å². The van der Waals surface area contributed by atoms with Crippen molar-refractivity contribution in [2.75, 3.05) is 5.32 Å². The van der Waals surface area contributed by atoms with Crippen LogP contribution in [0, 0.1) is 5.92 Å². The molecule has 32 heavy (non-hydrogen) atoms. The van der Waals surface area contributed by atoms with Crippen LogP contribution < -0.4 is 10.9 Å². The van der Waals surface area contributed by atoms with Gasteiger partial charge in [0.15, 0.2) is 0 Å². The number of nitrogens with one attached hydrogen (secondary N) is 2. The average molecular weight is 446 g/mol. The molecule has 0 unspecified atom stereocenters. The van der Waals surface area contributed by atoms with Gasteiger partial charge in [-0.15, -0.1) is 11.3 Å². The first kappa shape index (κ1) is 20.1. The molecule has 2 aromatic carbocycles. The van der Waals surface area contributed by atoms with Gasteiger partial charge < -0.3 is 15.0 Å². The monoisotopic (exact) mass is 445 g/mol. The first-order valence-electron chi connectivity index (χ1n) is 10.2. The Morgan fingerprint density at radius 1 is 1.09 bits per heavy atom. The van der Waals surface area contributed by atoms with Gasteiger partial charge in [-0.25, -0.2) is 9.78 Å². The van der Waals surface area contributed by atoms with Gasteiger partial charge >= 0.3 is 5.97 Å². The second kappa shape index (κ2) is 8.39. The molecule has 160 valence electrons. The lowest BCUT2D eigenvalue weighted by atomic mass is 10.1. The minimum Gasteiger partial charge on any atom is -0.454 e. The van der Waals surface area contributed by atoms with Crippen LogP contribution in [0.4, 0.5) is 5.69 Å². The van der Waals surface area contributed by atoms with E-state index >= 15 is 0 Å². The number of aromatic nitrogens is 2. The molecule has 0 atom stereocenters. The van der Waals surface area contributed by atoms with E-state index in [1.165, 1.54) is 11.3 Å². The third-order valence-corrected chi connectivity index (χ3v) is 6.13. The summed E-state index contributed by atoms with van der Waals surface area (Å²) in [6, 6.07) is 16.2. The van der Waals surface area contributed by atoms with Crippen molar-refractivity contribution in [3.63, 3.8) is 0 Å². The lowest BCUT2D eigenvalue weighted by molar-refractivity contribution is -0.117. The van der Waals surface area contributed by atoms with Crippen LogP contribution >= 0.6 is 11.3 Å². The Morgan fingerprint density at radius 2 is 1.84 bits per heavy atom. The Balaban J connectivity index is 1.27. The number of nitrogens with zero attached hydrogens (tertiary/aromatic N) is 1. The van der Waals surface area contributed by atoms with E-state index in [9.17, 15) is 14.4 Å². The fraction of sp³-hybridized carbons (Fsp3) is 0.167. The number of rotatable bonds is 6. The van der Waals surface area contributed by atoms with Crippen LogP contribution in [0.5, 0.6) is 0 Å². The van der Waals surface area contributed by atoms with Crippen molar-refractivity contribution < 1.29 is 14.3 Å². The lowest BCUT2D eigenvalue weighted by Crippen LogP contribution is -2.15. The summed E-state index contributed by atoms with van der Waals surface area (Å²) >= 11 is 1.37. The summed E-state index contributed by atoms with van der Waals surface area (Å²) in [7, 11) is 0. The molecule has 1 amide bonds. The summed E-state index contributed by atoms with van der Waals surface area (Å²) in [5.41, 5.74) is 2.50. The molecule has 0 bridgehead atoms. The van der Waals surface area contributed by atoms with Crippen molar-refractivity contribution in [1.29, 1.82) is 0 Å². The highest BCUT2D eigenvalue weighted by molar-refractivity contribution is 7.17. The standard InChI is InChI=1S/C24H19N3O4S/c28-21(15-6-7-15)25-17-10-8-16(9-11-17)24(30)31-12-19-26-22(29)20-18(13-32-23(20)27-19)14-4-2-1-3-5-14/h1-5,8-11,13,15H,6-7,12H2,(H,25,28)(H,26,27,29). The number of H-pyrrole nitrogens is 1. The molecule has 4 aromatic rings. The minimum atomic E-state index is -0.538. The first-order valence-corrected chi connectivity index (χ1v) is 11.1. The fourth-order valence-corrected chi connectivity index (χ4v) is 4.36. The average Bonchev–Trinajstić information content (AvgIpc) is 3.58. The van der Waals surface area contributed by atoms with Crippen LogP contribution in [0.2, 0.25) is 0 Å². The first-order chi connectivity index (χ1) is 15.6. The number of carbonyl (C=O) groups excluding carboxylic acids is 2. The number of amides is 1. The van der Waals surface area contributed by atoms with E-state index in [1.54, 1.807) is 24.3 Å². The van der Waals surface area contributed by atoms with Crippen molar-refractivity contribution >= 4 is 39.1 Å². The number of carbonyl (C=O) groups is 2. The van der Waals surface area contributed by atoms with Gasteiger partial charge in [0.1, 0.15) is 17.3 Å². The van der Waals surface area contributed by atoms with E-state index in [-0.39, 0.29) is 29.8 Å². The largest absolute Gasteiger partial charge is 0.454 e. The van der Waals surface area contributed by atoms with Crippen LogP contribution in [0.1, 0.15) is 29.0 Å². The van der Waals surface area contributed by atoms with Gasteiger partial charge in [-0.1, -0.05) is 30.3 Å². The van der Waals surface area contributed by atoms with Gasteiger partial charge in [0.2, 0.25) is 5.91 Å². The molecule has 2 heterocycles. The highest BCUT2D eigenvalue weighted by atomic mass is 32.1. The second-order valence-corrected chi connectivity index (χ2v) is 8.48. The zero-order valence-corrected chi connectivity index (χ0v) is 17.8. The Labute approximate surface area is 187 Å². The summed E-state index contributed by atoms with van der Waals surface area (Å²) < 4.78 is 5.32. The summed E-state index contributed by atoms with van der Waals surface area (Å²) in [5.74, 6) is -0.136. The van der Waals surface area contributed by atoms with Gasteiger partial charge in [0.05, 0.1) is 10.9 Å². The van der Waals surface area contributed by atoms with E-state index in [4.69, 9.17) is 4.74 Å². The second-order valence-electron chi connectivity index (χ2n) is 7.63. The number of hydrogen-bond donors (Lipinski definition) is 2. The summed E-state index contributed by atoms with van der Waals surface area (Å²) in [6.45, 7) is -0.150. The predicted molar refractivity (Wildman–Crippen MR) is 123 cm³/mol. The molecule has 1 fully saturated rings. The predicted octanol–water partition coefficient (Wildman–Crippen LogP) is 4.36. The van der Waals surface area contributed by atoms with Crippen molar-refractivity contribution in [2.45, 2.75) is 19.4 Å². The Hall–Kier alpha value is -3.78. The molecular weight excluding hydrogens is 426 g/mol. The molecule has 1 aliphatic rings. The van der Waals surface area contributed by atoms with Gasteiger partial charge in [0, 0.05) is 22.5 Å². The zero-order chi connectivity index (χ0) is 22.1. The van der Waals surface area contributed by atoms with Gasteiger partial charge in [-0.2, -0.15) is 0 Å². The van der Waals surface area contributed by atoms with Gasteiger partial charge in [-0.3, -0.25) is 9.59 Å². The Kier molecular flexibility index (Phi) is 5.28. The molecule has 1 aliphatic carbocycles. The molecule has 0 aliphatic heterocycles. The Bertz CT molecular complexity index is 1360. The van der Waals surface area contributed by atoms with E-state index in [2.05, 4.69) is 15.3 Å². The Morgan fingerprint density at radius 3 is 2.56 bits per heavy atom. The zero-order valence-electron chi connectivity index (χ0n) is 17.0. The summed E-state index contributed by atoms with van der Waals surface area (Å²) in [5, 5.41) is 5.26. The maximum absolute atomic E-state index is 12.7. The topological polar surface area (TPSA) is 101 Å². The summed E-state index contributed by atoms with van der Waals surface area (Å²) in [6.07, 6.45) is 1.86. The van der Waals surface area contributed by atoms with Crippen molar-refractivity contribution in [1.82, 2.24) is 9.97 Å². The molecule has 0 radical (unpaired) electrons. The molecule has 2 N–H and O–H groups in total. The third kappa shape index (κ3) is 4.17. The molecule has 8 heteroatoms. The SMILES string of the molecule is O=C(OCc1nc2scc(-c3ccccc3)c2c(=O)[nH]1)c1ccc(NC(=O)C2CC2)cc1. The molecular formula is C24H19N3O4S. The number of aromatic amines is 1. The van der Waals surface area contributed by atoms with Crippen molar-refractivity contribution in [2.24, 2.45) is 5.92 Å². The number of anilines is 1. The fourth-order valence-electron chi connectivity index (χ4n) is 3.39. The quantitative estimate of drug-likeness (QED) is 0.430. The molecule has 5 rings (SSSR count). The van der Waals surface area contributed by atoms with E-state index in [0.29, 0.717) is 21.5 Å². The minimum absolute atomic E-state index is 0.00902. The van der Waals surface area contributed by atoms with Gasteiger partial charge in [0.25, 0.3) is 5.56 Å². The van der Waals surface area contributed by atoms with E-state index < -0.39 is 5.97 Å². The molecule has 7 nitrogen and oxygen atoms in total. The molecule has 0 spiro atoms. The van der Waals surface area contributed by atoms with Gasteiger partial charge in [-0.05, 0) is 42.7 Å². The normalized spacial score (nSPS) is 13.1. The van der Waals surface area contributed by atoms with Crippen LogP contribution in [0.3, 0.4) is 0 Å². The van der Waals surface area contributed by atoms with Crippen LogP contribution in [-0.4, -0.2) is 21.8 Å². The third-order valence-electron chi connectivity index (χ3n) is 5.25. The number of esters is 1. The maximum Gasteiger partial charge on any atom is 0.338 e. The summed E-state index contributed by atoms with van der Waals surface area (Å²) in [4.78, 5) is 44.6. The van der Waals surface area contributed by atoms with Crippen LogP contribution in [0.15, 0.2) is 64.8 Å². The molecule has 1 saturated carbocycles. The number of hydrogen-bond acceptors (Lipinski definition) is 6. The van der Waals surface area contributed by atoms with Crippen LogP contribution in [0.25, 0.3) is 21.3 Å².